The van der Waals surface area contributed by atoms with Crippen LogP contribution in [-0.2, 0) is 23.8 Å². The largest absolute Gasteiger partial charge is 0.468 e. The van der Waals surface area contributed by atoms with E-state index in [0.717, 1.165) is 57.4 Å². The van der Waals surface area contributed by atoms with E-state index in [1.165, 1.54) is 14.2 Å². The maximum atomic E-state index is 13.2. The number of carbonyl (C=O) groups excluding carboxylic acids is 2. The number of benzene rings is 1. The Morgan fingerprint density at radius 3 is 1.97 bits per heavy atom. The summed E-state index contributed by atoms with van der Waals surface area (Å²) in [6.07, 6.45) is 3.57. The molecule has 0 saturated carbocycles. The Morgan fingerprint density at radius 1 is 0.941 bits per heavy atom. The SMILES string of the molecule is COC(=O)C1=C(C#N)CC(c2ccccc2)OC(N(N2CCCC2)N2CCCC2)=C1C(=O)OC. The molecule has 2 fully saturated rings. The van der Waals surface area contributed by atoms with Crippen LogP contribution in [0.1, 0.15) is 43.8 Å². The van der Waals surface area contributed by atoms with Gasteiger partial charge in [0.25, 0.3) is 0 Å². The van der Waals surface area contributed by atoms with Crippen molar-refractivity contribution in [3.8, 4) is 6.07 Å². The molecule has 0 amide bonds. The predicted octanol–water partition coefficient (Wildman–Crippen LogP) is 2.85. The molecule has 9 nitrogen and oxygen atoms in total. The molecular formula is C25H30N4O5. The third-order valence-corrected chi connectivity index (χ3v) is 6.38. The Hall–Kier alpha value is -3.35. The van der Waals surface area contributed by atoms with Gasteiger partial charge in [0.15, 0.2) is 0 Å². The van der Waals surface area contributed by atoms with E-state index in [1.54, 1.807) is 0 Å². The van der Waals surface area contributed by atoms with Gasteiger partial charge in [0, 0.05) is 38.2 Å². The second-order valence-electron chi connectivity index (χ2n) is 8.46. The standard InChI is InChI=1S/C25H30N4O5/c1-32-24(30)21-19(17-26)16-20(18-10-4-3-5-11-18)34-23(22(21)25(31)33-2)29(27-12-6-7-13-27)28-14-8-9-15-28/h3-5,10-11,20H,6-9,12-16H2,1-2H3. The molecule has 1 aromatic carbocycles. The molecule has 0 aromatic heterocycles. The molecule has 0 aliphatic carbocycles. The van der Waals surface area contributed by atoms with Gasteiger partial charge >= 0.3 is 11.9 Å². The summed E-state index contributed by atoms with van der Waals surface area (Å²) in [7, 11) is 2.49. The maximum Gasteiger partial charge on any atom is 0.344 e. The van der Waals surface area contributed by atoms with Gasteiger partial charge in [0.1, 0.15) is 11.7 Å². The van der Waals surface area contributed by atoms with Crippen LogP contribution in [0.15, 0.2) is 52.9 Å². The molecule has 9 heteroatoms. The summed E-state index contributed by atoms with van der Waals surface area (Å²) in [6.45, 7) is 3.15. The summed E-state index contributed by atoms with van der Waals surface area (Å²) in [6, 6.07) is 11.6. The lowest BCUT2D eigenvalue weighted by molar-refractivity contribution is -0.182. The predicted molar refractivity (Wildman–Crippen MR) is 122 cm³/mol. The number of hydrogen-bond donors (Lipinski definition) is 0. The lowest BCUT2D eigenvalue weighted by atomic mass is 9.95. The maximum absolute atomic E-state index is 13.2. The summed E-state index contributed by atoms with van der Waals surface area (Å²) in [5.74, 6) is -1.31. The molecule has 4 rings (SSSR count). The fourth-order valence-electron chi connectivity index (χ4n) is 4.72. The van der Waals surface area contributed by atoms with Gasteiger partial charge in [-0.1, -0.05) is 30.3 Å². The van der Waals surface area contributed by atoms with Gasteiger partial charge in [-0.25, -0.2) is 24.7 Å². The molecule has 3 aliphatic heterocycles. The Balaban J connectivity index is 1.97. The topological polar surface area (TPSA) is 95.3 Å². The number of carbonyl (C=O) groups is 2. The molecule has 0 N–H and O–H groups in total. The van der Waals surface area contributed by atoms with Crippen LogP contribution in [0.4, 0.5) is 0 Å². The first-order valence-electron chi connectivity index (χ1n) is 11.6. The summed E-state index contributed by atoms with van der Waals surface area (Å²) in [5.41, 5.74) is 0.779. The Labute approximate surface area is 199 Å². The van der Waals surface area contributed by atoms with Crippen molar-refractivity contribution in [2.24, 2.45) is 0 Å². The van der Waals surface area contributed by atoms with Gasteiger partial charge in [-0.3, -0.25) is 0 Å². The number of ether oxygens (including phenoxy) is 3. The number of nitrogens with zero attached hydrogens (tertiary/aromatic N) is 4. The van der Waals surface area contributed by atoms with Crippen LogP contribution in [0.3, 0.4) is 0 Å². The summed E-state index contributed by atoms with van der Waals surface area (Å²) in [4.78, 5) is 26.2. The molecule has 3 heterocycles. The van der Waals surface area contributed by atoms with Crippen LogP contribution in [-0.4, -0.2) is 67.5 Å². The molecule has 1 unspecified atom stereocenters. The molecule has 180 valence electrons. The molecule has 1 aromatic rings. The first-order valence-corrected chi connectivity index (χ1v) is 11.6. The second kappa shape index (κ2) is 10.7. The fraction of sp³-hybridized carbons (Fsp3) is 0.480. The minimum absolute atomic E-state index is 0.0804. The molecular weight excluding hydrogens is 436 g/mol. The molecule has 34 heavy (non-hydrogen) atoms. The van der Waals surface area contributed by atoms with Crippen LogP contribution < -0.4 is 0 Å². The minimum Gasteiger partial charge on any atom is -0.468 e. The third kappa shape index (κ3) is 4.65. The first-order chi connectivity index (χ1) is 16.6. The van der Waals surface area contributed by atoms with Crippen LogP contribution in [0.2, 0.25) is 0 Å². The molecule has 3 aliphatic rings. The Bertz CT molecular complexity index is 1000. The molecule has 0 spiro atoms. The van der Waals surface area contributed by atoms with E-state index in [-0.39, 0.29) is 29.0 Å². The van der Waals surface area contributed by atoms with Crippen LogP contribution in [0, 0.1) is 11.3 Å². The van der Waals surface area contributed by atoms with Gasteiger partial charge in [-0.05, 0) is 31.2 Å². The van der Waals surface area contributed by atoms with Crippen molar-refractivity contribution >= 4 is 11.9 Å². The van der Waals surface area contributed by atoms with Gasteiger partial charge in [0.05, 0.1) is 25.9 Å². The highest BCUT2D eigenvalue weighted by molar-refractivity contribution is 6.08. The molecule has 0 radical (unpaired) electrons. The normalized spacial score (nSPS) is 21.6. The number of hydrazine groups is 2. The third-order valence-electron chi connectivity index (χ3n) is 6.38. The van der Waals surface area contributed by atoms with Crippen molar-refractivity contribution in [2.75, 3.05) is 40.4 Å². The second-order valence-corrected chi connectivity index (χ2v) is 8.46. The number of hydrogen-bond acceptors (Lipinski definition) is 9. The van der Waals surface area contributed by atoms with Crippen LogP contribution in [0.25, 0.3) is 0 Å². The monoisotopic (exact) mass is 466 g/mol. The summed E-state index contributed by atoms with van der Waals surface area (Å²) in [5, 5.41) is 16.2. The van der Waals surface area contributed by atoms with E-state index in [9.17, 15) is 14.9 Å². The van der Waals surface area contributed by atoms with Gasteiger partial charge < -0.3 is 14.2 Å². The van der Waals surface area contributed by atoms with Crippen LogP contribution in [0.5, 0.6) is 0 Å². The van der Waals surface area contributed by atoms with Crippen molar-refractivity contribution < 1.29 is 23.8 Å². The quantitative estimate of drug-likeness (QED) is 0.587. The summed E-state index contributed by atoms with van der Waals surface area (Å²) < 4.78 is 16.7. The lowest BCUT2D eigenvalue weighted by Gasteiger charge is -2.41. The molecule has 0 bridgehead atoms. The first kappa shape index (κ1) is 23.8. The minimum atomic E-state index is -0.769. The number of methoxy groups -OCH3 is 2. The zero-order chi connectivity index (χ0) is 24.1. The molecule has 1 atom stereocenters. The molecule has 2 saturated heterocycles. The lowest BCUT2D eigenvalue weighted by Crippen LogP contribution is -2.51. The van der Waals surface area contributed by atoms with E-state index < -0.39 is 18.0 Å². The summed E-state index contributed by atoms with van der Waals surface area (Å²) >= 11 is 0. The average Bonchev–Trinajstić information content (AvgIpc) is 3.57. The van der Waals surface area contributed by atoms with Gasteiger partial charge in [-0.15, -0.1) is 0 Å². The van der Waals surface area contributed by atoms with E-state index in [4.69, 9.17) is 14.2 Å². The van der Waals surface area contributed by atoms with Crippen molar-refractivity contribution in [3.05, 3.63) is 58.5 Å². The average molecular weight is 467 g/mol. The van der Waals surface area contributed by atoms with Crippen molar-refractivity contribution in [1.82, 2.24) is 15.1 Å². The van der Waals surface area contributed by atoms with E-state index >= 15 is 0 Å². The Morgan fingerprint density at radius 2 is 1.47 bits per heavy atom. The zero-order valence-corrected chi connectivity index (χ0v) is 19.7. The number of esters is 2. The van der Waals surface area contributed by atoms with Gasteiger partial charge in [-0.2, -0.15) is 5.26 Å². The van der Waals surface area contributed by atoms with Gasteiger partial charge in [0.2, 0.25) is 5.88 Å². The van der Waals surface area contributed by atoms with Crippen molar-refractivity contribution in [1.29, 1.82) is 5.26 Å². The smallest absolute Gasteiger partial charge is 0.344 e. The van der Waals surface area contributed by atoms with Crippen molar-refractivity contribution in [2.45, 2.75) is 38.2 Å². The Kier molecular flexibility index (Phi) is 7.50. The van der Waals surface area contributed by atoms with Crippen LogP contribution >= 0.6 is 0 Å². The number of rotatable bonds is 6. The zero-order valence-electron chi connectivity index (χ0n) is 19.7. The highest BCUT2D eigenvalue weighted by atomic mass is 16.5. The highest BCUT2D eigenvalue weighted by Gasteiger charge is 2.42. The van der Waals surface area contributed by atoms with E-state index in [1.807, 2.05) is 35.4 Å². The van der Waals surface area contributed by atoms with E-state index in [2.05, 4.69) is 16.1 Å². The number of nitriles is 1. The van der Waals surface area contributed by atoms with Crippen molar-refractivity contribution in [3.63, 3.8) is 0 Å². The highest BCUT2D eigenvalue weighted by Crippen LogP contribution is 2.39. The van der Waals surface area contributed by atoms with E-state index in [0.29, 0.717) is 0 Å². The fourth-order valence-corrected chi connectivity index (χ4v) is 4.72.